The zero-order chi connectivity index (χ0) is 30.4. The Morgan fingerprint density at radius 2 is 1.98 bits per heavy atom. The fourth-order valence-electron chi connectivity index (χ4n) is 6.01. The predicted octanol–water partition coefficient (Wildman–Crippen LogP) is 5.39. The van der Waals surface area contributed by atoms with Gasteiger partial charge in [0.2, 0.25) is 5.72 Å². The number of rotatable bonds is 8. The quantitative estimate of drug-likeness (QED) is 0.291. The number of nitrogens with zero attached hydrogens (tertiary/aromatic N) is 4. The molecule has 0 radical (unpaired) electrons. The molecule has 10 heteroatoms. The molecule has 0 unspecified atom stereocenters. The van der Waals surface area contributed by atoms with E-state index in [4.69, 9.17) is 21.1 Å². The molecule has 0 saturated carbocycles. The van der Waals surface area contributed by atoms with Gasteiger partial charge in [-0.1, -0.05) is 42.8 Å². The number of nitriles is 1. The van der Waals surface area contributed by atoms with Gasteiger partial charge in [-0.3, -0.25) is 9.69 Å². The monoisotopic (exact) mass is 600 g/mol. The third kappa shape index (κ3) is 4.90. The minimum absolute atomic E-state index is 0.0580. The molecule has 1 saturated heterocycles. The summed E-state index contributed by atoms with van der Waals surface area (Å²) in [7, 11) is 1.78. The molecule has 220 valence electrons. The molecule has 1 N–H and O–H groups in total. The van der Waals surface area contributed by atoms with Crippen LogP contribution < -0.4 is 0 Å². The number of carbonyl (C=O) groups excluding carboxylic acids is 1. The topological polar surface area (TPSA) is 101 Å². The summed E-state index contributed by atoms with van der Waals surface area (Å²) in [4.78, 5) is 20.3. The average Bonchev–Trinajstić information content (AvgIpc) is 3.75. The molecule has 1 aromatic heterocycles. The Morgan fingerprint density at radius 1 is 1.23 bits per heavy atom. The predicted molar refractivity (Wildman–Crippen MR) is 156 cm³/mol. The van der Waals surface area contributed by atoms with Crippen molar-refractivity contribution in [2.24, 2.45) is 7.05 Å². The molecule has 1 fully saturated rings. The van der Waals surface area contributed by atoms with Gasteiger partial charge in [0.05, 0.1) is 47.5 Å². The van der Waals surface area contributed by atoms with E-state index in [1.807, 2.05) is 0 Å². The van der Waals surface area contributed by atoms with Gasteiger partial charge in [-0.05, 0) is 60.4 Å². The molecule has 6 rings (SSSR count). The van der Waals surface area contributed by atoms with E-state index in [0.29, 0.717) is 41.5 Å². The van der Waals surface area contributed by atoms with Crippen LogP contribution in [-0.2, 0) is 34.4 Å². The highest BCUT2D eigenvalue weighted by molar-refractivity contribution is 6.30. The minimum atomic E-state index is -1.67. The number of aliphatic hydroxyl groups is 1. The lowest BCUT2D eigenvalue weighted by molar-refractivity contribution is -0.148. The van der Waals surface area contributed by atoms with Crippen molar-refractivity contribution in [3.63, 3.8) is 0 Å². The van der Waals surface area contributed by atoms with Crippen molar-refractivity contribution in [3.05, 3.63) is 123 Å². The summed E-state index contributed by atoms with van der Waals surface area (Å²) < 4.78 is 30.9. The van der Waals surface area contributed by atoms with Crippen LogP contribution >= 0.6 is 11.6 Å². The van der Waals surface area contributed by atoms with E-state index < -0.39 is 29.2 Å². The number of imidazole rings is 1. The Bertz CT molecular complexity index is 1710. The summed E-state index contributed by atoms with van der Waals surface area (Å²) in [5.41, 5.74) is -0.873. The maximum absolute atomic E-state index is 16.8. The van der Waals surface area contributed by atoms with E-state index in [9.17, 15) is 15.2 Å². The van der Waals surface area contributed by atoms with Crippen LogP contribution in [0.15, 0.2) is 73.2 Å². The molecular formula is C33H30ClFN4O4. The standard InChI is InChI=1S/C33H30ClFN4O4/c1-3-32(41,29-18-38(2)20-37-29)24-14-27-30(28(35)15-24)33(43-26-12-13-42-19-26,23-8-10-25(34)11-9-23)39(31(27)40)17-22-6-4-21(16-36)5-7-22/h4-11,14-15,18,20,26,41H,3,12-13,17,19H2,1-2H3/t26-,32+,33+/m0/s1. The maximum atomic E-state index is 16.8. The molecule has 3 aromatic carbocycles. The first-order valence-corrected chi connectivity index (χ1v) is 14.5. The first-order valence-electron chi connectivity index (χ1n) is 14.1. The van der Waals surface area contributed by atoms with Crippen LogP contribution in [0.1, 0.15) is 63.6 Å². The van der Waals surface area contributed by atoms with Crippen molar-refractivity contribution in [1.82, 2.24) is 14.5 Å². The highest BCUT2D eigenvalue weighted by Crippen LogP contribution is 2.50. The van der Waals surface area contributed by atoms with Gasteiger partial charge in [-0.25, -0.2) is 9.37 Å². The van der Waals surface area contributed by atoms with Crippen LogP contribution in [-0.4, -0.2) is 44.8 Å². The second-order valence-electron chi connectivity index (χ2n) is 11.0. The number of fused-ring (bicyclic) bond motifs is 1. The highest BCUT2D eigenvalue weighted by atomic mass is 35.5. The summed E-state index contributed by atoms with van der Waals surface area (Å²) >= 11 is 6.26. The molecular weight excluding hydrogens is 571 g/mol. The number of carbonyl (C=O) groups is 1. The first-order chi connectivity index (χ1) is 20.7. The molecule has 1 amide bonds. The van der Waals surface area contributed by atoms with Gasteiger partial charge in [0.25, 0.3) is 5.91 Å². The number of hydrogen-bond donors (Lipinski definition) is 1. The normalized spacial score (nSPS) is 21.1. The van der Waals surface area contributed by atoms with Crippen molar-refractivity contribution in [2.45, 2.75) is 43.7 Å². The highest BCUT2D eigenvalue weighted by Gasteiger charge is 2.56. The summed E-state index contributed by atoms with van der Waals surface area (Å²) in [5.74, 6) is -1.16. The zero-order valence-electron chi connectivity index (χ0n) is 23.8. The summed E-state index contributed by atoms with van der Waals surface area (Å²) in [6, 6.07) is 18.6. The van der Waals surface area contributed by atoms with Crippen LogP contribution in [0.2, 0.25) is 5.02 Å². The van der Waals surface area contributed by atoms with E-state index in [1.165, 1.54) is 11.0 Å². The van der Waals surface area contributed by atoms with Gasteiger partial charge in [-0.15, -0.1) is 0 Å². The molecule has 0 bridgehead atoms. The number of ether oxygens (including phenoxy) is 2. The number of aryl methyl sites for hydroxylation is 1. The van der Waals surface area contributed by atoms with E-state index in [-0.39, 0.29) is 29.7 Å². The van der Waals surface area contributed by atoms with Gasteiger partial charge in [0.1, 0.15) is 11.4 Å². The molecule has 8 nitrogen and oxygen atoms in total. The third-order valence-corrected chi connectivity index (χ3v) is 8.54. The second-order valence-corrected chi connectivity index (χ2v) is 11.4. The number of benzene rings is 3. The summed E-state index contributed by atoms with van der Waals surface area (Å²) in [5, 5.41) is 21.6. The summed E-state index contributed by atoms with van der Waals surface area (Å²) in [6.07, 6.45) is 3.59. The first kappa shape index (κ1) is 29.0. The molecule has 4 aromatic rings. The van der Waals surface area contributed by atoms with E-state index >= 15 is 4.39 Å². The molecule has 0 aliphatic carbocycles. The number of halogens is 2. The number of aromatic nitrogens is 2. The lowest BCUT2D eigenvalue weighted by Gasteiger charge is -2.41. The Labute approximate surface area is 253 Å². The molecule has 0 spiro atoms. The maximum Gasteiger partial charge on any atom is 0.257 e. The van der Waals surface area contributed by atoms with Crippen LogP contribution in [0.25, 0.3) is 0 Å². The fraction of sp³-hybridized carbons (Fsp3) is 0.303. The van der Waals surface area contributed by atoms with Crippen LogP contribution in [0.4, 0.5) is 4.39 Å². The largest absolute Gasteiger partial charge is 0.379 e. The Hall–Kier alpha value is -4.07. The van der Waals surface area contributed by atoms with Crippen molar-refractivity contribution < 1.29 is 23.8 Å². The van der Waals surface area contributed by atoms with Gasteiger partial charge in [-0.2, -0.15) is 5.26 Å². The molecule has 3 heterocycles. The lowest BCUT2D eigenvalue weighted by Crippen LogP contribution is -2.49. The third-order valence-electron chi connectivity index (χ3n) is 8.29. The Balaban J connectivity index is 1.58. The van der Waals surface area contributed by atoms with Crippen molar-refractivity contribution in [2.75, 3.05) is 13.2 Å². The Morgan fingerprint density at radius 3 is 2.58 bits per heavy atom. The van der Waals surface area contributed by atoms with Crippen molar-refractivity contribution >= 4 is 17.5 Å². The van der Waals surface area contributed by atoms with Gasteiger partial charge < -0.3 is 19.1 Å². The number of hydrogen-bond acceptors (Lipinski definition) is 6. The van der Waals surface area contributed by atoms with Gasteiger partial charge in [0.15, 0.2) is 0 Å². The zero-order valence-corrected chi connectivity index (χ0v) is 24.5. The van der Waals surface area contributed by atoms with E-state index in [0.717, 1.165) is 5.56 Å². The Kier molecular flexibility index (Phi) is 7.57. The smallest absolute Gasteiger partial charge is 0.257 e. The molecule has 3 atom stereocenters. The van der Waals surface area contributed by atoms with Crippen molar-refractivity contribution in [3.8, 4) is 6.07 Å². The molecule has 2 aliphatic heterocycles. The summed E-state index contributed by atoms with van der Waals surface area (Å²) in [6.45, 7) is 2.61. The number of amides is 1. The van der Waals surface area contributed by atoms with Crippen LogP contribution in [0.3, 0.4) is 0 Å². The van der Waals surface area contributed by atoms with E-state index in [2.05, 4.69) is 11.1 Å². The molecule has 43 heavy (non-hydrogen) atoms. The lowest BCUT2D eigenvalue weighted by atomic mass is 9.84. The van der Waals surface area contributed by atoms with Crippen LogP contribution in [0, 0.1) is 17.1 Å². The van der Waals surface area contributed by atoms with E-state index in [1.54, 1.807) is 85.7 Å². The molecule has 2 aliphatic rings. The SMILES string of the molecule is CC[C@@](O)(c1cc(F)c2c(c1)C(=O)N(Cc1ccc(C#N)cc1)[C@@]2(O[C@H]1CCOC1)c1ccc(Cl)cc1)c1cn(C)cn1. The van der Waals surface area contributed by atoms with Crippen LogP contribution in [0.5, 0.6) is 0 Å². The fourth-order valence-corrected chi connectivity index (χ4v) is 6.13. The average molecular weight is 601 g/mol. The van der Waals surface area contributed by atoms with Gasteiger partial charge >= 0.3 is 0 Å². The van der Waals surface area contributed by atoms with Crippen molar-refractivity contribution in [1.29, 1.82) is 5.26 Å². The van der Waals surface area contributed by atoms with Gasteiger partial charge in [0, 0.05) is 37.0 Å². The minimum Gasteiger partial charge on any atom is -0.379 e. The second kappa shape index (κ2) is 11.2.